The number of hydrogen-bond acceptors (Lipinski definition) is 4. The third-order valence-electron chi connectivity index (χ3n) is 6.39. The molecule has 0 fully saturated rings. The Kier molecular flexibility index (Phi) is 7.70. The van der Waals surface area contributed by atoms with Gasteiger partial charge in [0.05, 0.1) is 11.8 Å². The molecular formula is C32H26BrN3O3. The maximum absolute atomic E-state index is 13.4. The Morgan fingerprint density at radius 3 is 2.54 bits per heavy atom. The minimum atomic E-state index is -0.475. The van der Waals surface area contributed by atoms with Crippen LogP contribution >= 0.6 is 15.9 Å². The van der Waals surface area contributed by atoms with E-state index in [0.29, 0.717) is 22.6 Å². The number of hydrogen-bond donors (Lipinski definition) is 2. The molecular weight excluding hydrogens is 554 g/mol. The van der Waals surface area contributed by atoms with Crippen LogP contribution in [0.3, 0.4) is 0 Å². The van der Waals surface area contributed by atoms with Crippen LogP contribution in [-0.4, -0.2) is 23.1 Å². The zero-order chi connectivity index (χ0) is 27.4. The predicted octanol–water partition coefficient (Wildman–Crippen LogP) is 7.45. The molecule has 0 bridgehead atoms. The fourth-order valence-electron chi connectivity index (χ4n) is 4.51. The first-order chi connectivity index (χ1) is 18.9. The van der Waals surface area contributed by atoms with Gasteiger partial charge in [-0.05, 0) is 54.8 Å². The van der Waals surface area contributed by atoms with Gasteiger partial charge in [0.25, 0.3) is 5.91 Å². The summed E-state index contributed by atoms with van der Waals surface area (Å²) >= 11 is 3.45. The number of esters is 1. The maximum Gasteiger partial charge on any atom is 0.343 e. The average molecular weight is 580 g/mol. The van der Waals surface area contributed by atoms with Crippen LogP contribution in [0, 0.1) is 6.92 Å². The summed E-state index contributed by atoms with van der Waals surface area (Å²) in [6, 6.07) is 28.3. The smallest absolute Gasteiger partial charge is 0.343 e. The minimum Gasteiger partial charge on any atom is -0.422 e. The summed E-state index contributed by atoms with van der Waals surface area (Å²) in [5.74, 6) is -0.528. The van der Waals surface area contributed by atoms with Gasteiger partial charge >= 0.3 is 5.97 Å². The summed E-state index contributed by atoms with van der Waals surface area (Å²) in [5, 5.41) is 5.18. The predicted molar refractivity (Wildman–Crippen MR) is 158 cm³/mol. The van der Waals surface area contributed by atoms with Crippen molar-refractivity contribution in [2.24, 2.45) is 5.10 Å². The number of carbonyl (C=O) groups is 2. The summed E-state index contributed by atoms with van der Waals surface area (Å²) in [5.41, 5.74) is 8.82. The first kappa shape index (κ1) is 26.1. The van der Waals surface area contributed by atoms with Crippen LogP contribution in [0.1, 0.15) is 44.5 Å². The molecule has 7 heteroatoms. The van der Waals surface area contributed by atoms with E-state index in [4.69, 9.17) is 4.74 Å². The van der Waals surface area contributed by atoms with E-state index in [-0.39, 0.29) is 5.91 Å². The van der Waals surface area contributed by atoms with Crippen molar-refractivity contribution in [2.45, 2.75) is 20.3 Å². The molecule has 0 saturated heterocycles. The van der Waals surface area contributed by atoms with Crippen LogP contribution in [0.15, 0.2) is 101 Å². The largest absolute Gasteiger partial charge is 0.422 e. The van der Waals surface area contributed by atoms with Gasteiger partial charge in [-0.2, -0.15) is 5.10 Å². The van der Waals surface area contributed by atoms with Gasteiger partial charge in [0.2, 0.25) is 0 Å². The number of benzene rings is 4. The minimum absolute atomic E-state index is 0.325. The second-order valence-corrected chi connectivity index (χ2v) is 9.99. The molecule has 1 heterocycles. The van der Waals surface area contributed by atoms with Gasteiger partial charge in [-0.15, -0.1) is 0 Å². The number of nitrogens with zero attached hydrogens (tertiary/aromatic N) is 1. The molecule has 0 aliphatic carbocycles. The highest BCUT2D eigenvalue weighted by molar-refractivity contribution is 9.10. The average Bonchev–Trinajstić information content (AvgIpc) is 3.35. The van der Waals surface area contributed by atoms with Gasteiger partial charge < -0.3 is 9.72 Å². The molecule has 1 amide bonds. The summed E-state index contributed by atoms with van der Waals surface area (Å²) in [4.78, 5) is 29.5. The van der Waals surface area contributed by atoms with Gasteiger partial charge in [-0.1, -0.05) is 89.1 Å². The molecule has 0 radical (unpaired) electrons. The van der Waals surface area contributed by atoms with Crippen molar-refractivity contribution in [1.82, 2.24) is 10.4 Å². The number of aromatic amines is 1. The van der Waals surface area contributed by atoms with Crippen LogP contribution < -0.4 is 10.2 Å². The Morgan fingerprint density at radius 1 is 0.974 bits per heavy atom. The fraction of sp³-hybridized carbons (Fsp3) is 0.0938. The Hall–Kier alpha value is -4.49. The second kappa shape index (κ2) is 11.5. The van der Waals surface area contributed by atoms with E-state index in [2.05, 4.69) is 44.4 Å². The molecule has 6 nitrogen and oxygen atoms in total. The molecule has 0 atom stereocenters. The molecule has 0 saturated carbocycles. The summed E-state index contributed by atoms with van der Waals surface area (Å²) in [7, 11) is 0. The summed E-state index contributed by atoms with van der Waals surface area (Å²) in [6.45, 7) is 4.00. The Labute approximate surface area is 234 Å². The maximum atomic E-state index is 13.4. The van der Waals surface area contributed by atoms with E-state index in [1.807, 2.05) is 61.5 Å². The SMILES string of the molecule is CCc1cccc2c(-c3ccccc3)c(C(=O)NN=Cc3cc(Br)ccc3OC(=O)c3cccc(C)c3)[nH]c12. The van der Waals surface area contributed by atoms with Crippen molar-refractivity contribution < 1.29 is 14.3 Å². The topological polar surface area (TPSA) is 83.5 Å². The lowest BCUT2D eigenvalue weighted by atomic mass is 10.00. The number of ether oxygens (including phenoxy) is 1. The van der Waals surface area contributed by atoms with Crippen molar-refractivity contribution in [2.75, 3.05) is 0 Å². The highest BCUT2D eigenvalue weighted by atomic mass is 79.9. The standard InChI is InChI=1S/C32H26BrN3O3/c1-3-21-12-8-14-26-28(22-10-5-4-6-11-22)30(35-29(21)26)31(37)36-34-19-24-18-25(33)15-16-27(24)39-32(38)23-13-7-9-20(2)17-23/h4-19,35H,3H2,1-2H3,(H,36,37). The van der Waals surface area contributed by atoms with E-state index in [1.165, 1.54) is 6.21 Å². The van der Waals surface area contributed by atoms with E-state index in [0.717, 1.165) is 44.1 Å². The van der Waals surface area contributed by atoms with Crippen LogP contribution in [0.25, 0.3) is 22.0 Å². The molecule has 4 aromatic carbocycles. The van der Waals surface area contributed by atoms with Crippen molar-refractivity contribution >= 4 is 44.9 Å². The van der Waals surface area contributed by atoms with Crippen molar-refractivity contribution in [3.63, 3.8) is 0 Å². The molecule has 5 rings (SSSR count). The number of carbonyl (C=O) groups excluding carboxylic acids is 2. The summed E-state index contributed by atoms with van der Waals surface area (Å²) < 4.78 is 6.43. The molecule has 0 aliphatic heterocycles. The number of para-hydroxylation sites is 1. The number of fused-ring (bicyclic) bond motifs is 1. The van der Waals surface area contributed by atoms with Crippen molar-refractivity contribution in [1.29, 1.82) is 0 Å². The van der Waals surface area contributed by atoms with Gasteiger partial charge in [0.1, 0.15) is 11.4 Å². The lowest BCUT2D eigenvalue weighted by Crippen LogP contribution is -2.19. The number of H-pyrrole nitrogens is 1. The number of aromatic nitrogens is 1. The van der Waals surface area contributed by atoms with Crippen LogP contribution in [0.4, 0.5) is 0 Å². The number of halogens is 1. The summed E-state index contributed by atoms with van der Waals surface area (Å²) in [6.07, 6.45) is 2.29. The first-order valence-electron chi connectivity index (χ1n) is 12.6. The van der Waals surface area contributed by atoms with Crippen LogP contribution in [-0.2, 0) is 6.42 Å². The van der Waals surface area contributed by atoms with Crippen LogP contribution in [0.2, 0.25) is 0 Å². The first-order valence-corrected chi connectivity index (χ1v) is 13.3. The van der Waals surface area contributed by atoms with Gasteiger partial charge in [-0.25, -0.2) is 10.2 Å². The van der Waals surface area contributed by atoms with Gasteiger partial charge in [-0.3, -0.25) is 4.79 Å². The van der Waals surface area contributed by atoms with Crippen molar-refractivity contribution in [3.05, 3.63) is 123 Å². The normalized spacial score (nSPS) is 11.2. The highest BCUT2D eigenvalue weighted by Crippen LogP contribution is 2.34. The van der Waals surface area contributed by atoms with E-state index in [9.17, 15) is 9.59 Å². The molecule has 194 valence electrons. The van der Waals surface area contributed by atoms with E-state index >= 15 is 0 Å². The fourth-order valence-corrected chi connectivity index (χ4v) is 4.89. The third kappa shape index (κ3) is 5.68. The quantitative estimate of drug-likeness (QED) is 0.0908. The van der Waals surface area contributed by atoms with Crippen LogP contribution in [0.5, 0.6) is 5.75 Å². The van der Waals surface area contributed by atoms with E-state index < -0.39 is 5.97 Å². The lowest BCUT2D eigenvalue weighted by Gasteiger charge is -2.09. The van der Waals surface area contributed by atoms with Gasteiger partial charge in [0, 0.05) is 26.5 Å². The zero-order valence-corrected chi connectivity index (χ0v) is 23.1. The molecule has 0 unspecified atom stereocenters. The molecule has 1 aromatic heterocycles. The Balaban J connectivity index is 1.43. The molecule has 39 heavy (non-hydrogen) atoms. The van der Waals surface area contributed by atoms with Gasteiger partial charge in [0.15, 0.2) is 0 Å². The Morgan fingerprint density at radius 2 is 1.77 bits per heavy atom. The molecule has 5 aromatic rings. The van der Waals surface area contributed by atoms with Crippen molar-refractivity contribution in [3.8, 4) is 16.9 Å². The molecule has 0 aliphatic rings. The number of rotatable bonds is 7. The Bertz CT molecular complexity index is 1710. The molecule has 2 N–H and O–H groups in total. The second-order valence-electron chi connectivity index (χ2n) is 9.07. The number of aryl methyl sites for hydroxylation is 2. The number of nitrogens with one attached hydrogen (secondary N) is 2. The lowest BCUT2D eigenvalue weighted by molar-refractivity contribution is 0.0734. The molecule has 0 spiro atoms. The zero-order valence-electron chi connectivity index (χ0n) is 21.5. The highest BCUT2D eigenvalue weighted by Gasteiger charge is 2.20. The number of hydrazone groups is 1. The number of amides is 1. The monoisotopic (exact) mass is 579 g/mol. The van der Waals surface area contributed by atoms with E-state index in [1.54, 1.807) is 30.3 Å². The third-order valence-corrected chi connectivity index (χ3v) is 6.88.